The predicted octanol–water partition coefficient (Wildman–Crippen LogP) is 4.71. The van der Waals surface area contributed by atoms with Gasteiger partial charge in [0.05, 0.1) is 21.6 Å². The Morgan fingerprint density at radius 2 is 2.00 bits per heavy atom. The molecule has 27 heavy (non-hydrogen) atoms. The van der Waals surface area contributed by atoms with Crippen molar-refractivity contribution in [2.24, 2.45) is 0 Å². The summed E-state index contributed by atoms with van der Waals surface area (Å²) in [6, 6.07) is 1.83. The number of hydrogen-bond donors (Lipinski definition) is 1. The van der Waals surface area contributed by atoms with Gasteiger partial charge in [0.2, 0.25) is 0 Å². The Morgan fingerprint density at radius 3 is 2.59 bits per heavy atom. The molecular formula is C18H21BrClFN4O2. The lowest BCUT2D eigenvalue weighted by Crippen LogP contribution is -2.57. The van der Waals surface area contributed by atoms with Crippen LogP contribution in [0.25, 0.3) is 10.9 Å². The van der Waals surface area contributed by atoms with Crippen LogP contribution in [0.2, 0.25) is 5.02 Å². The number of aromatic nitrogens is 2. The molecule has 2 aliphatic rings. The van der Waals surface area contributed by atoms with E-state index in [1.807, 2.05) is 25.7 Å². The summed E-state index contributed by atoms with van der Waals surface area (Å²) < 4.78 is 20.2. The second-order valence-corrected chi connectivity index (χ2v) is 9.33. The second-order valence-electron chi connectivity index (χ2n) is 8.13. The third-order valence-corrected chi connectivity index (χ3v) is 6.36. The van der Waals surface area contributed by atoms with E-state index in [1.54, 1.807) is 6.07 Å². The van der Waals surface area contributed by atoms with Gasteiger partial charge in [0.15, 0.2) is 11.6 Å². The first kappa shape index (κ1) is 18.8. The number of fused-ring (bicyclic) bond motifs is 3. The number of halogens is 3. The zero-order chi connectivity index (χ0) is 19.5. The third kappa shape index (κ3) is 3.27. The number of benzene rings is 1. The maximum absolute atomic E-state index is 14.4. The van der Waals surface area contributed by atoms with Gasteiger partial charge in [-0.15, -0.1) is 0 Å². The van der Waals surface area contributed by atoms with Crippen LogP contribution < -0.4 is 4.90 Å². The van der Waals surface area contributed by atoms with Crippen molar-refractivity contribution in [1.82, 2.24) is 15.1 Å². The van der Waals surface area contributed by atoms with E-state index >= 15 is 0 Å². The minimum atomic E-state index is -0.520. The van der Waals surface area contributed by atoms with Crippen LogP contribution in [0.5, 0.6) is 0 Å². The van der Waals surface area contributed by atoms with E-state index in [0.717, 1.165) is 12.8 Å². The van der Waals surface area contributed by atoms with E-state index < -0.39 is 11.4 Å². The highest BCUT2D eigenvalue weighted by atomic mass is 79.9. The quantitative estimate of drug-likeness (QED) is 0.628. The first-order valence-corrected chi connectivity index (χ1v) is 10.1. The van der Waals surface area contributed by atoms with Gasteiger partial charge in [0.25, 0.3) is 0 Å². The number of ether oxygens (including phenoxy) is 1. The summed E-state index contributed by atoms with van der Waals surface area (Å²) in [5.41, 5.74) is -0.198. The van der Waals surface area contributed by atoms with Gasteiger partial charge in [0, 0.05) is 18.5 Å². The topological polar surface area (TPSA) is 61.5 Å². The normalized spacial score (nSPS) is 22.6. The first-order valence-electron chi connectivity index (χ1n) is 8.93. The molecule has 4 rings (SSSR count). The standard InChI is InChI=1S/C18H21BrClFN4O2/c1-18(2,3)27-17(26)25-9-4-5-10(25)8-24(7-9)16-11-6-12(20)13(19)14(21)15(11)22-23-16/h6,9-10H,4-5,7-8H2,1-3H3,(H,22,23). The molecule has 3 heterocycles. The molecule has 146 valence electrons. The molecule has 2 atom stereocenters. The molecule has 0 radical (unpaired) electrons. The van der Waals surface area contributed by atoms with Crippen LogP contribution in [0, 0.1) is 5.82 Å². The van der Waals surface area contributed by atoms with Crippen molar-refractivity contribution in [2.75, 3.05) is 18.0 Å². The fraction of sp³-hybridized carbons (Fsp3) is 0.556. The van der Waals surface area contributed by atoms with Crippen LogP contribution in [0.4, 0.5) is 15.0 Å². The van der Waals surface area contributed by atoms with Gasteiger partial charge in [-0.2, -0.15) is 5.10 Å². The van der Waals surface area contributed by atoms with Crippen molar-refractivity contribution in [3.05, 3.63) is 21.4 Å². The number of hydrogen-bond acceptors (Lipinski definition) is 4. The number of aromatic amines is 1. The van der Waals surface area contributed by atoms with Crippen LogP contribution in [0.15, 0.2) is 10.5 Å². The Labute approximate surface area is 170 Å². The smallest absolute Gasteiger partial charge is 0.410 e. The second kappa shape index (κ2) is 6.51. The van der Waals surface area contributed by atoms with Crippen LogP contribution in [0.3, 0.4) is 0 Å². The zero-order valence-electron chi connectivity index (χ0n) is 15.4. The lowest BCUT2D eigenvalue weighted by molar-refractivity contribution is 0.0123. The monoisotopic (exact) mass is 458 g/mol. The number of carbonyl (C=O) groups excluding carboxylic acids is 1. The van der Waals surface area contributed by atoms with Crippen molar-refractivity contribution >= 4 is 50.3 Å². The van der Waals surface area contributed by atoms with Gasteiger partial charge in [0.1, 0.15) is 11.1 Å². The number of nitrogens with zero attached hydrogens (tertiary/aromatic N) is 3. The molecule has 1 amide bonds. The number of H-pyrrole nitrogens is 1. The SMILES string of the molecule is CC(C)(C)OC(=O)N1C2CCC1CN(c1n[nH]c3c(F)c(Br)c(Cl)cc13)C2. The number of rotatable bonds is 1. The Morgan fingerprint density at radius 1 is 1.37 bits per heavy atom. The van der Waals surface area contributed by atoms with E-state index in [2.05, 4.69) is 31.0 Å². The van der Waals surface area contributed by atoms with Gasteiger partial charge < -0.3 is 9.64 Å². The molecule has 2 aromatic rings. The summed E-state index contributed by atoms with van der Waals surface area (Å²) in [7, 11) is 0. The summed E-state index contributed by atoms with van der Waals surface area (Å²) in [5.74, 6) is 0.214. The van der Waals surface area contributed by atoms with Crippen LogP contribution >= 0.6 is 27.5 Å². The maximum atomic E-state index is 14.4. The van der Waals surface area contributed by atoms with Gasteiger partial charge in [-0.1, -0.05) is 11.6 Å². The Hall–Kier alpha value is -1.54. The molecule has 2 fully saturated rings. The average molecular weight is 460 g/mol. The lowest BCUT2D eigenvalue weighted by Gasteiger charge is -2.41. The zero-order valence-corrected chi connectivity index (χ0v) is 17.7. The largest absolute Gasteiger partial charge is 0.444 e. The minimum Gasteiger partial charge on any atom is -0.444 e. The van der Waals surface area contributed by atoms with Gasteiger partial charge in [-0.05, 0) is 55.6 Å². The Kier molecular flexibility index (Phi) is 4.54. The van der Waals surface area contributed by atoms with Gasteiger partial charge in [-0.25, -0.2) is 9.18 Å². The van der Waals surface area contributed by atoms with E-state index in [-0.39, 0.29) is 22.6 Å². The summed E-state index contributed by atoms with van der Waals surface area (Å²) in [4.78, 5) is 16.6. The first-order chi connectivity index (χ1) is 12.7. The van der Waals surface area contributed by atoms with Crippen LogP contribution in [-0.4, -0.2) is 52.0 Å². The maximum Gasteiger partial charge on any atom is 0.410 e. The molecule has 1 aromatic heterocycles. The van der Waals surface area contributed by atoms with Gasteiger partial charge in [-0.3, -0.25) is 10.00 Å². The molecule has 6 nitrogen and oxygen atoms in total. The number of amides is 1. The molecule has 2 aliphatic heterocycles. The fourth-order valence-corrected chi connectivity index (χ4v) is 4.48. The number of piperazine rings is 1. The van der Waals surface area contributed by atoms with Crippen molar-refractivity contribution in [2.45, 2.75) is 51.3 Å². The van der Waals surface area contributed by atoms with Crippen LogP contribution in [0.1, 0.15) is 33.6 Å². The Balaban J connectivity index is 1.61. The fourth-order valence-electron chi connectivity index (χ4n) is 3.98. The summed E-state index contributed by atoms with van der Waals surface area (Å²) in [5, 5.41) is 8.06. The summed E-state index contributed by atoms with van der Waals surface area (Å²) >= 11 is 9.30. The average Bonchev–Trinajstić information content (AvgIpc) is 3.10. The molecule has 0 saturated carbocycles. The molecular weight excluding hydrogens is 439 g/mol. The van der Waals surface area contributed by atoms with E-state index in [4.69, 9.17) is 16.3 Å². The number of anilines is 1. The highest BCUT2D eigenvalue weighted by Crippen LogP contribution is 2.38. The number of nitrogens with one attached hydrogen (secondary N) is 1. The van der Waals surface area contributed by atoms with Gasteiger partial charge >= 0.3 is 6.09 Å². The van der Waals surface area contributed by atoms with Crippen LogP contribution in [-0.2, 0) is 4.74 Å². The Bertz CT molecular complexity index is 899. The lowest BCUT2D eigenvalue weighted by atomic mass is 10.1. The minimum absolute atomic E-state index is 0.0566. The van der Waals surface area contributed by atoms with E-state index in [0.29, 0.717) is 34.8 Å². The molecule has 2 saturated heterocycles. The van der Waals surface area contributed by atoms with E-state index in [9.17, 15) is 9.18 Å². The molecule has 2 unspecified atom stereocenters. The molecule has 1 N–H and O–H groups in total. The molecule has 9 heteroatoms. The van der Waals surface area contributed by atoms with Crippen molar-refractivity contribution < 1.29 is 13.9 Å². The van der Waals surface area contributed by atoms with Crippen molar-refractivity contribution in [1.29, 1.82) is 0 Å². The number of carbonyl (C=O) groups is 1. The molecule has 1 aromatic carbocycles. The highest BCUT2D eigenvalue weighted by Gasteiger charge is 2.45. The highest BCUT2D eigenvalue weighted by molar-refractivity contribution is 9.10. The predicted molar refractivity (Wildman–Crippen MR) is 106 cm³/mol. The summed E-state index contributed by atoms with van der Waals surface area (Å²) in [6.07, 6.45) is 1.58. The third-order valence-electron chi connectivity index (χ3n) is 5.06. The molecule has 0 spiro atoms. The van der Waals surface area contributed by atoms with E-state index in [1.165, 1.54) is 0 Å². The molecule has 0 aliphatic carbocycles. The summed E-state index contributed by atoms with van der Waals surface area (Å²) in [6.45, 7) is 6.87. The molecule has 2 bridgehead atoms. The van der Waals surface area contributed by atoms with Crippen molar-refractivity contribution in [3.63, 3.8) is 0 Å². The van der Waals surface area contributed by atoms with Crippen molar-refractivity contribution in [3.8, 4) is 0 Å².